The summed E-state index contributed by atoms with van der Waals surface area (Å²) in [6.07, 6.45) is 3.82. The first-order valence-corrected chi connectivity index (χ1v) is 7.93. The maximum Gasteiger partial charge on any atom is 0.161 e. The Kier molecular flexibility index (Phi) is 3.61. The van der Waals surface area contributed by atoms with Crippen molar-refractivity contribution in [2.45, 2.75) is 25.3 Å². The molecule has 5 heteroatoms. The maximum atomic E-state index is 13.0. The Morgan fingerprint density at radius 3 is 3.11 bits per heavy atom. The molecule has 2 atom stereocenters. The lowest BCUT2D eigenvalue weighted by molar-refractivity contribution is 0.535. The Bertz CT molecular complexity index is 492. The third kappa shape index (κ3) is 2.57. The van der Waals surface area contributed by atoms with Crippen molar-refractivity contribution in [2.24, 2.45) is 10.9 Å². The summed E-state index contributed by atoms with van der Waals surface area (Å²) in [4.78, 5) is 4.76. The minimum absolute atomic E-state index is 0.235. The fourth-order valence-electron chi connectivity index (χ4n) is 2.53. The summed E-state index contributed by atoms with van der Waals surface area (Å²) >= 11 is 5.14. The van der Waals surface area contributed by atoms with Gasteiger partial charge in [0.25, 0.3) is 0 Å². The molecule has 0 radical (unpaired) electrons. The Hall–Kier alpha value is -0.550. The lowest BCUT2D eigenvalue weighted by atomic mass is 10.1. The van der Waals surface area contributed by atoms with Gasteiger partial charge < -0.3 is 5.32 Å². The summed E-state index contributed by atoms with van der Waals surface area (Å²) < 4.78 is 13.7. The summed E-state index contributed by atoms with van der Waals surface area (Å²) in [5.74, 6) is 1.67. The molecule has 1 N–H and O–H groups in total. The van der Waals surface area contributed by atoms with Gasteiger partial charge in [0.2, 0.25) is 0 Å². The molecule has 0 amide bonds. The van der Waals surface area contributed by atoms with Crippen molar-refractivity contribution in [1.82, 2.24) is 0 Å². The smallest absolute Gasteiger partial charge is 0.161 e. The van der Waals surface area contributed by atoms with E-state index in [9.17, 15) is 4.39 Å². The maximum absolute atomic E-state index is 13.0. The molecule has 0 aromatic heterocycles. The van der Waals surface area contributed by atoms with Crippen LogP contribution in [0.3, 0.4) is 0 Å². The number of amidine groups is 1. The molecule has 1 aliphatic heterocycles. The molecule has 0 spiro atoms. The van der Waals surface area contributed by atoms with E-state index in [4.69, 9.17) is 4.99 Å². The van der Waals surface area contributed by atoms with E-state index in [0.29, 0.717) is 6.04 Å². The number of anilines is 1. The minimum Gasteiger partial charge on any atom is -0.334 e. The summed E-state index contributed by atoms with van der Waals surface area (Å²) in [5.41, 5.74) is 0.874. The molecule has 1 aromatic carbocycles. The van der Waals surface area contributed by atoms with Crippen molar-refractivity contribution < 1.29 is 4.39 Å². The van der Waals surface area contributed by atoms with Crippen LogP contribution in [0, 0.1) is 11.7 Å². The first-order chi connectivity index (χ1) is 8.72. The van der Waals surface area contributed by atoms with Crippen molar-refractivity contribution in [3.05, 3.63) is 28.5 Å². The molecule has 96 valence electrons. The van der Waals surface area contributed by atoms with Gasteiger partial charge in [0.05, 0.1) is 11.7 Å². The van der Waals surface area contributed by atoms with E-state index in [1.807, 2.05) is 0 Å². The Morgan fingerprint density at radius 1 is 1.39 bits per heavy atom. The molecule has 2 nitrogen and oxygen atoms in total. The van der Waals surface area contributed by atoms with E-state index in [1.54, 1.807) is 17.8 Å². The van der Waals surface area contributed by atoms with Crippen LogP contribution in [0.15, 0.2) is 27.7 Å². The molecule has 2 unspecified atom stereocenters. The second-order valence-corrected chi connectivity index (χ2v) is 6.62. The quantitative estimate of drug-likeness (QED) is 0.832. The zero-order valence-electron chi connectivity index (χ0n) is 9.83. The van der Waals surface area contributed by atoms with Crippen LogP contribution < -0.4 is 5.32 Å². The van der Waals surface area contributed by atoms with Gasteiger partial charge in [-0.15, -0.1) is 0 Å². The molecule has 0 bridgehead atoms. The van der Waals surface area contributed by atoms with Gasteiger partial charge in [0.15, 0.2) is 5.17 Å². The molecule has 1 fully saturated rings. The second-order valence-electron chi connectivity index (χ2n) is 4.75. The van der Waals surface area contributed by atoms with Crippen molar-refractivity contribution >= 4 is 38.5 Å². The molecule has 1 aromatic rings. The summed E-state index contributed by atoms with van der Waals surface area (Å²) in [7, 11) is 0. The molecular formula is C13H14BrFN2S. The first kappa shape index (κ1) is 12.5. The monoisotopic (exact) mass is 328 g/mol. The first-order valence-electron chi connectivity index (χ1n) is 6.15. The van der Waals surface area contributed by atoms with Gasteiger partial charge in [-0.3, -0.25) is 4.99 Å². The van der Waals surface area contributed by atoms with Crippen LogP contribution in [-0.4, -0.2) is 17.0 Å². The second kappa shape index (κ2) is 5.21. The number of nitrogens with one attached hydrogen (secondary N) is 1. The number of thioether (sulfide) groups is 1. The fraction of sp³-hybridized carbons (Fsp3) is 0.462. The highest BCUT2D eigenvalue weighted by atomic mass is 79.9. The van der Waals surface area contributed by atoms with Gasteiger partial charge in [-0.1, -0.05) is 18.2 Å². The lowest BCUT2D eigenvalue weighted by Gasteiger charge is -2.23. The third-order valence-corrected chi connectivity index (χ3v) is 5.24. The van der Waals surface area contributed by atoms with Crippen molar-refractivity contribution in [1.29, 1.82) is 0 Å². The molecule has 2 aliphatic rings. The van der Waals surface area contributed by atoms with Gasteiger partial charge >= 0.3 is 0 Å². The SMILES string of the molecule is Fc1ccc(NC2=NC3CCCC3CS2)c(Br)c1. The number of hydrogen-bond acceptors (Lipinski definition) is 3. The van der Waals surface area contributed by atoms with Crippen LogP contribution in [0.1, 0.15) is 19.3 Å². The molecule has 18 heavy (non-hydrogen) atoms. The van der Waals surface area contributed by atoms with E-state index in [2.05, 4.69) is 21.2 Å². The highest BCUT2D eigenvalue weighted by Crippen LogP contribution is 2.36. The number of fused-ring (bicyclic) bond motifs is 1. The normalized spacial score (nSPS) is 26.7. The predicted molar refractivity (Wildman–Crippen MR) is 78.7 cm³/mol. The lowest BCUT2D eigenvalue weighted by Crippen LogP contribution is -2.25. The largest absolute Gasteiger partial charge is 0.334 e. The summed E-state index contributed by atoms with van der Waals surface area (Å²) in [5, 5.41) is 4.25. The minimum atomic E-state index is -0.235. The van der Waals surface area contributed by atoms with Gasteiger partial charge in [-0.2, -0.15) is 0 Å². The number of rotatable bonds is 1. The topological polar surface area (TPSA) is 24.4 Å². The van der Waals surface area contributed by atoms with Crippen LogP contribution in [0.5, 0.6) is 0 Å². The number of aliphatic imine (C=N–C) groups is 1. The zero-order valence-corrected chi connectivity index (χ0v) is 12.2. The van der Waals surface area contributed by atoms with Crippen LogP contribution in [0.2, 0.25) is 0 Å². The van der Waals surface area contributed by atoms with Crippen LogP contribution in [0.4, 0.5) is 10.1 Å². The third-order valence-electron chi connectivity index (χ3n) is 3.51. The molecule has 0 saturated heterocycles. The summed E-state index contributed by atoms with van der Waals surface area (Å²) in [6, 6.07) is 5.16. The zero-order chi connectivity index (χ0) is 12.5. The van der Waals surface area contributed by atoms with Crippen molar-refractivity contribution in [3.63, 3.8) is 0 Å². The highest BCUT2D eigenvalue weighted by Gasteiger charge is 2.31. The number of halogens is 2. The van der Waals surface area contributed by atoms with E-state index >= 15 is 0 Å². The Balaban J connectivity index is 1.76. The fourth-order valence-corrected chi connectivity index (χ4v) is 4.13. The number of hydrogen-bond donors (Lipinski definition) is 1. The van der Waals surface area contributed by atoms with Crippen LogP contribution in [-0.2, 0) is 0 Å². The molecule has 1 aliphatic carbocycles. The average Bonchev–Trinajstić information content (AvgIpc) is 2.80. The highest BCUT2D eigenvalue weighted by molar-refractivity contribution is 9.10. The predicted octanol–water partition coefficient (Wildman–Crippen LogP) is 4.27. The number of benzene rings is 1. The van der Waals surface area contributed by atoms with Gasteiger partial charge in [0.1, 0.15) is 5.82 Å². The Morgan fingerprint density at radius 2 is 2.28 bits per heavy atom. The van der Waals surface area contributed by atoms with Crippen molar-refractivity contribution in [3.8, 4) is 0 Å². The van der Waals surface area contributed by atoms with Crippen molar-refractivity contribution in [2.75, 3.05) is 11.1 Å². The number of nitrogens with zero attached hydrogens (tertiary/aromatic N) is 1. The van der Waals surface area contributed by atoms with Gasteiger partial charge in [-0.05, 0) is 52.9 Å². The Labute approximate surface area is 119 Å². The van der Waals surface area contributed by atoms with E-state index in [1.165, 1.54) is 31.4 Å². The molecule has 1 heterocycles. The molecule has 3 rings (SSSR count). The van der Waals surface area contributed by atoms with Gasteiger partial charge in [0, 0.05) is 10.2 Å². The summed E-state index contributed by atoms with van der Waals surface area (Å²) in [6.45, 7) is 0. The van der Waals surface area contributed by atoms with E-state index in [-0.39, 0.29) is 5.82 Å². The standard InChI is InChI=1S/C13H14BrFN2S/c14-10-6-9(15)4-5-12(10)17-13-16-11-3-1-2-8(11)7-18-13/h4-6,8,11H,1-3,7H2,(H,16,17). The van der Waals surface area contributed by atoms with E-state index < -0.39 is 0 Å². The average molecular weight is 329 g/mol. The molecular weight excluding hydrogens is 315 g/mol. The van der Waals surface area contributed by atoms with Crippen LogP contribution >= 0.6 is 27.7 Å². The van der Waals surface area contributed by atoms with E-state index in [0.717, 1.165) is 27.0 Å². The van der Waals surface area contributed by atoms with Crippen LogP contribution in [0.25, 0.3) is 0 Å². The molecule has 1 saturated carbocycles. The van der Waals surface area contributed by atoms with Gasteiger partial charge in [-0.25, -0.2) is 4.39 Å².